The summed E-state index contributed by atoms with van der Waals surface area (Å²) in [7, 11) is 0. The molecule has 134 valence electrons. The molecule has 1 aromatic heterocycles. The second-order valence-corrected chi connectivity index (χ2v) is 6.47. The summed E-state index contributed by atoms with van der Waals surface area (Å²) in [6, 6.07) is 3.87. The zero-order chi connectivity index (χ0) is 17.4. The van der Waals surface area contributed by atoms with Crippen molar-refractivity contribution in [2.24, 2.45) is 11.7 Å². The highest BCUT2D eigenvalue weighted by Gasteiger charge is 2.32. The molecule has 24 heavy (non-hydrogen) atoms. The highest BCUT2D eigenvalue weighted by Crippen LogP contribution is 2.25. The molecule has 1 heterocycles. The van der Waals surface area contributed by atoms with E-state index in [0.717, 1.165) is 37.3 Å². The van der Waals surface area contributed by atoms with Crippen LogP contribution in [0.4, 0.5) is 5.82 Å². The number of nitrogens with one attached hydrogen (secondary N) is 2. The third-order valence-corrected chi connectivity index (χ3v) is 4.47. The quantitative estimate of drug-likeness (QED) is 0.631. The Labute approximate surface area is 144 Å². The molecule has 1 saturated carbocycles. The number of hydrogen-bond donors (Lipinski definition) is 3. The molecule has 3 atom stereocenters. The Morgan fingerprint density at radius 1 is 1.42 bits per heavy atom. The zero-order valence-electron chi connectivity index (χ0n) is 14.8. The minimum absolute atomic E-state index is 0.00179. The summed E-state index contributed by atoms with van der Waals surface area (Å²) in [6.07, 6.45) is 5.27. The summed E-state index contributed by atoms with van der Waals surface area (Å²) in [5.74, 6) is 0.958. The molecule has 1 fully saturated rings. The molecule has 6 heteroatoms. The fourth-order valence-corrected chi connectivity index (χ4v) is 3.07. The SMILES string of the molecule is CCCO[C@@H]1CC[C@H](C(=O)NCCNc2ncccc2C)C[C@H]1N. The Hall–Kier alpha value is -1.66. The summed E-state index contributed by atoms with van der Waals surface area (Å²) in [5.41, 5.74) is 7.27. The number of carbonyl (C=O) groups is 1. The summed E-state index contributed by atoms with van der Waals surface area (Å²) < 4.78 is 5.76. The van der Waals surface area contributed by atoms with Crippen LogP contribution in [0, 0.1) is 12.8 Å². The van der Waals surface area contributed by atoms with Crippen molar-refractivity contribution in [1.29, 1.82) is 0 Å². The van der Waals surface area contributed by atoms with E-state index in [1.807, 2.05) is 19.1 Å². The second-order valence-electron chi connectivity index (χ2n) is 6.47. The molecule has 0 radical (unpaired) electrons. The van der Waals surface area contributed by atoms with Crippen LogP contribution in [0.3, 0.4) is 0 Å². The van der Waals surface area contributed by atoms with Crippen molar-refractivity contribution < 1.29 is 9.53 Å². The molecular weight excluding hydrogens is 304 g/mol. The van der Waals surface area contributed by atoms with Crippen molar-refractivity contribution in [2.45, 2.75) is 51.7 Å². The normalized spacial score (nSPS) is 23.7. The van der Waals surface area contributed by atoms with Crippen LogP contribution in [0.5, 0.6) is 0 Å². The Kier molecular flexibility index (Phi) is 7.46. The maximum atomic E-state index is 12.3. The monoisotopic (exact) mass is 334 g/mol. The van der Waals surface area contributed by atoms with Gasteiger partial charge in [-0.2, -0.15) is 0 Å². The Bertz CT molecular complexity index is 523. The standard InChI is InChI=1S/C18H30N4O2/c1-3-11-24-16-7-6-14(12-15(16)19)18(23)22-10-9-21-17-13(2)5-4-8-20-17/h4-5,8,14-16H,3,6-7,9-12,19H2,1-2H3,(H,20,21)(H,22,23)/t14-,15+,16+/m0/s1. The predicted octanol–water partition coefficient (Wildman–Crippen LogP) is 1.84. The van der Waals surface area contributed by atoms with Gasteiger partial charge in [0, 0.05) is 37.9 Å². The molecule has 1 amide bonds. The van der Waals surface area contributed by atoms with Gasteiger partial charge in [-0.05, 0) is 44.2 Å². The molecule has 1 aliphatic rings. The third kappa shape index (κ3) is 5.46. The summed E-state index contributed by atoms with van der Waals surface area (Å²) in [5, 5.41) is 6.23. The van der Waals surface area contributed by atoms with Gasteiger partial charge in [-0.25, -0.2) is 4.98 Å². The lowest BCUT2D eigenvalue weighted by molar-refractivity contribution is -0.127. The molecule has 4 N–H and O–H groups in total. The van der Waals surface area contributed by atoms with Crippen LogP contribution in [0.25, 0.3) is 0 Å². The van der Waals surface area contributed by atoms with E-state index in [2.05, 4.69) is 22.5 Å². The van der Waals surface area contributed by atoms with Gasteiger partial charge in [-0.3, -0.25) is 4.79 Å². The number of ether oxygens (including phenoxy) is 1. The fourth-order valence-electron chi connectivity index (χ4n) is 3.07. The van der Waals surface area contributed by atoms with E-state index in [0.29, 0.717) is 19.5 Å². The van der Waals surface area contributed by atoms with Crippen molar-refractivity contribution in [1.82, 2.24) is 10.3 Å². The number of pyridine rings is 1. The Morgan fingerprint density at radius 2 is 2.25 bits per heavy atom. The van der Waals surface area contributed by atoms with Gasteiger partial charge >= 0.3 is 0 Å². The number of rotatable bonds is 8. The first-order valence-corrected chi connectivity index (χ1v) is 8.92. The van der Waals surface area contributed by atoms with Crippen LogP contribution in [0.2, 0.25) is 0 Å². The lowest BCUT2D eigenvalue weighted by Gasteiger charge is -2.33. The van der Waals surface area contributed by atoms with Crippen molar-refractivity contribution in [3.05, 3.63) is 23.9 Å². The van der Waals surface area contributed by atoms with Gasteiger partial charge in [0.05, 0.1) is 6.10 Å². The van der Waals surface area contributed by atoms with Crippen LogP contribution in [-0.4, -0.2) is 42.7 Å². The molecule has 0 spiro atoms. The van der Waals surface area contributed by atoms with Crippen LogP contribution in [0.15, 0.2) is 18.3 Å². The molecule has 0 unspecified atom stereocenters. The topological polar surface area (TPSA) is 89.3 Å². The summed E-state index contributed by atoms with van der Waals surface area (Å²) in [4.78, 5) is 16.6. The van der Waals surface area contributed by atoms with Crippen molar-refractivity contribution in [2.75, 3.05) is 25.0 Å². The summed E-state index contributed by atoms with van der Waals surface area (Å²) >= 11 is 0. The number of nitrogens with zero attached hydrogens (tertiary/aromatic N) is 1. The van der Waals surface area contributed by atoms with E-state index in [9.17, 15) is 4.79 Å². The molecule has 0 aromatic carbocycles. The third-order valence-electron chi connectivity index (χ3n) is 4.47. The number of hydrogen-bond acceptors (Lipinski definition) is 5. The fraction of sp³-hybridized carbons (Fsp3) is 0.667. The van der Waals surface area contributed by atoms with E-state index in [1.54, 1.807) is 6.20 Å². The van der Waals surface area contributed by atoms with Gasteiger partial charge in [-0.1, -0.05) is 13.0 Å². The molecule has 0 saturated heterocycles. The van der Waals surface area contributed by atoms with Crippen molar-refractivity contribution in [3.8, 4) is 0 Å². The van der Waals surface area contributed by atoms with Gasteiger partial charge in [0.1, 0.15) is 5.82 Å². The lowest BCUT2D eigenvalue weighted by atomic mass is 9.83. The van der Waals surface area contributed by atoms with E-state index >= 15 is 0 Å². The van der Waals surface area contributed by atoms with E-state index in [1.165, 1.54) is 0 Å². The van der Waals surface area contributed by atoms with Gasteiger partial charge < -0.3 is 21.1 Å². The number of aromatic nitrogens is 1. The van der Waals surface area contributed by atoms with Gasteiger partial charge in [0.25, 0.3) is 0 Å². The molecule has 2 rings (SSSR count). The van der Waals surface area contributed by atoms with Gasteiger partial charge in [0.15, 0.2) is 0 Å². The number of anilines is 1. The van der Waals surface area contributed by atoms with Gasteiger partial charge in [0.2, 0.25) is 5.91 Å². The van der Waals surface area contributed by atoms with Crippen LogP contribution >= 0.6 is 0 Å². The predicted molar refractivity (Wildman–Crippen MR) is 95.8 cm³/mol. The minimum atomic E-state index is -0.0460. The van der Waals surface area contributed by atoms with E-state index < -0.39 is 0 Å². The number of carbonyl (C=O) groups excluding carboxylic acids is 1. The highest BCUT2D eigenvalue weighted by atomic mass is 16.5. The summed E-state index contributed by atoms with van der Waals surface area (Å²) in [6.45, 7) is 6.08. The van der Waals surface area contributed by atoms with Crippen LogP contribution in [-0.2, 0) is 9.53 Å². The van der Waals surface area contributed by atoms with Gasteiger partial charge in [-0.15, -0.1) is 0 Å². The number of aryl methyl sites for hydroxylation is 1. The number of amides is 1. The first-order valence-electron chi connectivity index (χ1n) is 8.92. The molecule has 1 aromatic rings. The Balaban J connectivity index is 1.67. The molecular formula is C18H30N4O2. The maximum Gasteiger partial charge on any atom is 0.223 e. The highest BCUT2D eigenvalue weighted by molar-refractivity contribution is 5.78. The number of nitrogens with two attached hydrogens (primary N) is 1. The van der Waals surface area contributed by atoms with Crippen molar-refractivity contribution in [3.63, 3.8) is 0 Å². The average Bonchev–Trinajstić information content (AvgIpc) is 2.59. The van der Waals surface area contributed by atoms with E-state index in [-0.39, 0.29) is 24.0 Å². The van der Waals surface area contributed by atoms with Crippen LogP contribution < -0.4 is 16.4 Å². The first kappa shape index (κ1) is 18.7. The first-order chi connectivity index (χ1) is 11.6. The van der Waals surface area contributed by atoms with E-state index in [4.69, 9.17) is 10.5 Å². The minimum Gasteiger partial charge on any atom is -0.377 e. The maximum absolute atomic E-state index is 12.3. The smallest absolute Gasteiger partial charge is 0.223 e. The largest absolute Gasteiger partial charge is 0.377 e. The Morgan fingerprint density at radius 3 is 2.96 bits per heavy atom. The van der Waals surface area contributed by atoms with Crippen LogP contribution in [0.1, 0.15) is 38.2 Å². The second kappa shape index (κ2) is 9.59. The molecule has 6 nitrogen and oxygen atoms in total. The van der Waals surface area contributed by atoms with Crippen molar-refractivity contribution >= 4 is 11.7 Å². The molecule has 0 bridgehead atoms. The molecule has 1 aliphatic carbocycles. The average molecular weight is 334 g/mol. The molecule has 0 aliphatic heterocycles. The zero-order valence-corrected chi connectivity index (χ0v) is 14.8. The lowest BCUT2D eigenvalue weighted by Crippen LogP contribution is -2.46.